The van der Waals surface area contributed by atoms with Crippen LogP contribution in [0.1, 0.15) is 18.5 Å². The zero-order valence-electron chi connectivity index (χ0n) is 17.2. The number of amides is 2. The van der Waals surface area contributed by atoms with Crippen LogP contribution < -0.4 is 11.1 Å². The van der Waals surface area contributed by atoms with Gasteiger partial charge in [0.2, 0.25) is 5.91 Å². The second kappa shape index (κ2) is 9.35. The fourth-order valence-electron chi connectivity index (χ4n) is 3.57. The number of aliphatic carboxylic acids is 1. The van der Waals surface area contributed by atoms with Gasteiger partial charge in [-0.3, -0.25) is 14.5 Å². The topological polar surface area (TPSA) is 143 Å². The van der Waals surface area contributed by atoms with Gasteiger partial charge in [-0.25, -0.2) is 4.79 Å². The van der Waals surface area contributed by atoms with Crippen LogP contribution in [0.5, 0.6) is 0 Å². The minimum absolute atomic E-state index is 0.0216. The Bertz CT molecular complexity index is 1070. The van der Waals surface area contributed by atoms with E-state index in [4.69, 9.17) is 5.73 Å². The number of nitrogens with two attached hydrogens (primary N) is 1. The number of fused-ring (bicyclic) bond motifs is 1. The monoisotopic (exact) mass is 474 g/mol. The number of carboxylic acid groups (broad SMARTS) is 1. The maximum Gasteiger partial charge on any atom is 0.352 e. The number of hydrogen-bond acceptors (Lipinski definition) is 8. The third-order valence-corrected chi connectivity index (χ3v) is 7.69. The summed E-state index contributed by atoms with van der Waals surface area (Å²) in [6.07, 6.45) is 1.62. The number of carboxylic acids is 1. The van der Waals surface area contributed by atoms with Crippen molar-refractivity contribution >= 4 is 41.3 Å². The molecule has 1 aromatic heterocycles. The molecule has 2 aliphatic heterocycles. The third kappa shape index (κ3) is 4.12. The highest BCUT2D eigenvalue weighted by atomic mass is 32.2. The average molecular weight is 475 g/mol. The van der Waals surface area contributed by atoms with Crippen LogP contribution in [0.15, 0.2) is 53.1 Å². The Morgan fingerprint density at radius 2 is 2.12 bits per heavy atom. The Balaban J connectivity index is 1.46. The van der Waals surface area contributed by atoms with Crippen molar-refractivity contribution in [1.82, 2.24) is 25.0 Å². The normalized spacial score (nSPS) is 21.1. The van der Waals surface area contributed by atoms with E-state index in [0.717, 1.165) is 0 Å². The van der Waals surface area contributed by atoms with Crippen LogP contribution in [0.2, 0.25) is 0 Å². The summed E-state index contributed by atoms with van der Waals surface area (Å²) >= 11 is 2.80. The van der Waals surface area contributed by atoms with E-state index in [2.05, 4.69) is 15.5 Å². The summed E-state index contributed by atoms with van der Waals surface area (Å²) in [4.78, 5) is 38.6. The van der Waals surface area contributed by atoms with Crippen LogP contribution in [-0.4, -0.2) is 65.5 Å². The molecule has 3 heterocycles. The standard InChI is InChI=1S/C20H22N6O4S2/c1-2-25-10-22-24-20(25)32-9-12-8-31-18-14(17(28)26(18)15(12)19(29)30)23-16(27)13(21)11-6-4-3-5-7-11/h3-7,10,13-14,18H,2,8-9,21H2,1H3,(H,23,27)(H,29,30)/t13?,14?,18-/m0/s1. The van der Waals surface area contributed by atoms with Crippen LogP contribution in [0.3, 0.4) is 0 Å². The number of thioether (sulfide) groups is 2. The van der Waals surface area contributed by atoms with Crippen molar-refractivity contribution in [3.63, 3.8) is 0 Å². The molecule has 0 radical (unpaired) electrons. The smallest absolute Gasteiger partial charge is 0.352 e. The summed E-state index contributed by atoms with van der Waals surface area (Å²) in [5.74, 6) is -1.29. The van der Waals surface area contributed by atoms with Gasteiger partial charge in [0.15, 0.2) is 5.16 Å². The van der Waals surface area contributed by atoms with Gasteiger partial charge >= 0.3 is 5.97 Å². The third-order valence-electron chi connectivity index (χ3n) is 5.28. The number of carbonyl (C=O) groups excluding carboxylic acids is 2. The lowest BCUT2D eigenvalue weighted by Gasteiger charge is -2.49. The lowest BCUT2D eigenvalue weighted by atomic mass is 10.0. The van der Waals surface area contributed by atoms with E-state index in [1.807, 2.05) is 17.6 Å². The molecule has 0 aliphatic carbocycles. The number of hydrogen-bond donors (Lipinski definition) is 3. The quantitative estimate of drug-likeness (QED) is 0.374. The SMILES string of the molecule is CCn1cnnc1SCC1=C(C(=O)O)N2C(=O)C(NC(=O)C(N)c3ccccc3)[C@@H]2SC1. The van der Waals surface area contributed by atoms with Crippen LogP contribution in [0, 0.1) is 0 Å². The molecule has 4 rings (SSSR count). The first-order valence-electron chi connectivity index (χ1n) is 9.93. The predicted octanol–water partition coefficient (Wildman–Crippen LogP) is 0.829. The lowest BCUT2D eigenvalue weighted by molar-refractivity contribution is -0.150. The molecule has 12 heteroatoms. The second-order valence-corrected chi connectivity index (χ2v) is 9.28. The van der Waals surface area contributed by atoms with Crippen LogP contribution >= 0.6 is 23.5 Å². The van der Waals surface area contributed by atoms with Gasteiger partial charge in [-0.05, 0) is 18.1 Å². The first-order chi connectivity index (χ1) is 15.4. The zero-order valence-corrected chi connectivity index (χ0v) is 18.8. The number of aromatic nitrogens is 3. The van der Waals surface area contributed by atoms with Crippen LogP contribution in [0.25, 0.3) is 0 Å². The van der Waals surface area contributed by atoms with Crippen molar-refractivity contribution in [2.45, 2.75) is 36.1 Å². The largest absolute Gasteiger partial charge is 0.477 e. The summed E-state index contributed by atoms with van der Waals surface area (Å²) in [6.45, 7) is 2.67. The molecule has 2 unspecified atom stereocenters. The Morgan fingerprint density at radius 1 is 1.38 bits per heavy atom. The highest BCUT2D eigenvalue weighted by molar-refractivity contribution is 8.01. The predicted molar refractivity (Wildman–Crippen MR) is 119 cm³/mol. The van der Waals surface area contributed by atoms with E-state index in [1.54, 1.807) is 30.6 Å². The van der Waals surface area contributed by atoms with Crippen LogP contribution in [0.4, 0.5) is 0 Å². The Kier molecular flexibility index (Phi) is 6.53. The van der Waals surface area contributed by atoms with Gasteiger partial charge in [-0.2, -0.15) is 0 Å². The van der Waals surface area contributed by atoms with E-state index in [-0.39, 0.29) is 5.70 Å². The summed E-state index contributed by atoms with van der Waals surface area (Å²) in [5.41, 5.74) is 7.27. The number of carbonyl (C=O) groups is 3. The van der Waals surface area contributed by atoms with E-state index in [9.17, 15) is 19.5 Å². The molecule has 1 aromatic carbocycles. The average Bonchev–Trinajstić information content (AvgIpc) is 3.27. The fraction of sp³-hybridized carbons (Fsp3) is 0.350. The molecular weight excluding hydrogens is 452 g/mol. The van der Waals surface area contributed by atoms with E-state index >= 15 is 0 Å². The molecule has 32 heavy (non-hydrogen) atoms. The minimum Gasteiger partial charge on any atom is -0.477 e. The number of benzene rings is 1. The number of nitrogens with one attached hydrogen (secondary N) is 1. The summed E-state index contributed by atoms with van der Waals surface area (Å²) < 4.78 is 1.86. The highest BCUT2D eigenvalue weighted by Crippen LogP contribution is 2.41. The first kappa shape index (κ1) is 22.4. The van der Waals surface area contributed by atoms with Crippen molar-refractivity contribution in [3.05, 3.63) is 53.5 Å². The summed E-state index contributed by atoms with van der Waals surface area (Å²) in [7, 11) is 0. The molecule has 10 nitrogen and oxygen atoms in total. The van der Waals surface area contributed by atoms with E-state index in [1.165, 1.54) is 28.4 Å². The first-order valence-corrected chi connectivity index (χ1v) is 12.0. The molecule has 0 saturated carbocycles. The zero-order chi connectivity index (χ0) is 22.8. The molecule has 168 valence electrons. The Hall–Kier alpha value is -2.83. The number of rotatable bonds is 8. The van der Waals surface area contributed by atoms with E-state index < -0.39 is 35.2 Å². The van der Waals surface area contributed by atoms with Crippen molar-refractivity contribution in [1.29, 1.82) is 0 Å². The van der Waals surface area contributed by atoms with E-state index in [0.29, 0.717) is 34.3 Å². The molecule has 4 N–H and O–H groups in total. The molecule has 1 saturated heterocycles. The van der Waals surface area contributed by atoms with Crippen molar-refractivity contribution < 1.29 is 19.5 Å². The van der Waals surface area contributed by atoms with Crippen molar-refractivity contribution in [2.75, 3.05) is 11.5 Å². The lowest BCUT2D eigenvalue weighted by Crippen LogP contribution is -2.71. The van der Waals surface area contributed by atoms with Gasteiger partial charge < -0.3 is 20.7 Å². The summed E-state index contributed by atoms with van der Waals surface area (Å²) in [5, 5.41) is 20.6. The number of aryl methyl sites for hydroxylation is 1. The Labute approximate surface area is 192 Å². The molecule has 2 aromatic rings. The van der Waals surface area contributed by atoms with Gasteiger partial charge in [0.1, 0.15) is 29.5 Å². The molecular formula is C20H22N6O4S2. The molecule has 0 spiro atoms. The van der Waals surface area contributed by atoms with Crippen LogP contribution in [-0.2, 0) is 20.9 Å². The Morgan fingerprint density at radius 3 is 2.81 bits per heavy atom. The maximum absolute atomic E-state index is 12.8. The van der Waals surface area contributed by atoms with Gasteiger partial charge in [0.25, 0.3) is 5.91 Å². The van der Waals surface area contributed by atoms with Crippen molar-refractivity contribution in [2.24, 2.45) is 5.73 Å². The maximum atomic E-state index is 12.8. The molecule has 1 fully saturated rings. The van der Waals surface area contributed by atoms with Gasteiger partial charge in [-0.15, -0.1) is 22.0 Å². The van der Waals surface area contributed by atoms with Gasteiger partial charge in [-0.1, -0.05) is 42.1 Å². The molecule has 2 amide bonds. The summed E-state index contributed by atoms with van der Waals surface area (Å²) in [6, 6.07) is 7.14. The van der Waals surface area contributed by atoms with Gasteiger partial charge in [0, 0.05) is 18.1 Å². The number of β-lactam (4-membered cyclic amide) rings is 1. The highest BCUT2D eigenvalue weighted by Gasteiger charge is 2.54. The second-order valence-electron chi connectivity index (χ2n) is 7.23. The molecule has 2 aliphatic rings. The molecule has 0 bridgehead atoms. The van der Waals surface area contributed by atoms with Crippen molar-refractivity contribution in [3.8, 4) is 0 Å². The minimum atomic E-state index is -1.16. The molecule has 3 atom stereocenters. The fourth-order valence-corrected chi connectivity index (χ4v) is 6.04. The van der Waals surface area contributed by atoms with Gasteiger partial charge in [0.05, 0.1) is 0 Å². The number of nitrogens with zero attached hydrogens (tertiary/aromatic N) is 4.